The van der Waals surface area contributed by atoms with Gasteiger partial charge in [0.05, 0.1) is 10.0 Å². The zero-order valence-electron chi connectivity index (χ0n) is 9.59. The molecule has 1 aliphatic rings. The second kappa shape index (κ2) is 4.71. The molecule has 1 aliphatic carbocycles. The summed E-state index contributed by atoms with van der Waals surface area (Å²) in [5.41, 5.74) is 1.18. The highest BCUT2D eigenvalue weighted by atomic mass is 79.9. The molecule has 90 valence electrons. The summed E-state index contributed by atoms with van der Waals surface area (Å²) >= 11 is 3.28. The van der Waals surface area contributed by atoms with E-state index in [9.17, 15) is 9.18 Å². The summed E-state index contributed by atoms with van der Waals surface area (Å²) in [4.78, 5) is 14.6. The molecule has 0 saturated heterocycles. The largest absolute Gasteiger partial charge is 0.235 e. The van der Waals surface area contributed by atoms with Gasteiger partial charge in [-0.05, 0) is 47.3 Å². The van der Waals surface area contributed by atoms with E-state index in [1.165, 1.54) is 6.07 Å². The first-order valence-corrected chi connectivity index (χ1v) is 6.44. The van der Waals surface area contributed by atoms with Crippen molar-refractivity contribution in [2.45, 2.75) is 38.1 Å². The van der Waals surface area contributed by atoms with E-state index in [2.05, 4.69) is 20.9 Å². The summed E-state index contributed by atoms with van der Waals surface area (Å²) in [6.45, 7) is 1.92. The van der Waals surface area contributed by atoms with E-state index in [0.29, 0.717) is 4.47 Å². The van der Waals surface area contributed by atoms with Crippen LogP contribution in [0.4, 0.5) is 4.39 Å². The SMILES string of the molecule is Cc1ccc(F)c(Br)c1C1(N=C=O)CCCC1. The van der Waals surface area contributed by atoms with Crippen LogP contribution >= 0.6 is 15.9 Å². The summed E-state index contributed by atoms with van der Waals surface area (Å²) in [5.74, 6) is -0.307. The Morgan fingerprint density at radius 2 is 2.06 bits per heavy atom. The molecule has 0 N–H and O–H groups in total. The third-order valence-electron chi connectivity index (χ3n) is 3.46. The Morgan fingerprint density at radius 1 is 1.41 bits per heavy atom. The fourth-order valence-corrected chi connectivity index (χ4v) is 3.50. The van der Waals surface area contributed by atoms with Gasteiger partial charge in [0.15, 0.2) is 0 Å². The van der Waals surface area contributed by atoms with Gasteiger partial charge in [0.2, 0.25) is 6.08 Å². The number of hydrogen-bond donors (Lipinski definition) is 0. The van der Waals surface area contributed by atoms with Gasteiger partial charge < -0.3 is 0 Å². The Kier molecular flexibility index (Phi) is 3.45. The maximum atomic E-state index is 13.6. The van der Waals surface area contributed by atoms with Crippen molar-refractivity contribution in [1.29, 1.82) is 0 Å². The highest BCUT2D eigenvalue weighted by Gasteiger charge is 2.38. The van der Waals surface area contributed by atoms with Crippen LogP contribution in [0.25, 0.3) is 0 Å². The van der Waals surface area contributed by atoms with Gasteiger partial charge in [-0.25, -0.2) is 9.18 Å². The Balaban J connectivity index is 2.65. The monoisotopic (exact) mass is 297 g/mol. The third-order valence-corrected chi connectivity index (χ3v) is 4.23. The Bertz CT molecular complexity index is 488. The molecule has 0 amide bonds. The lowest BCUT2D eigenvalue weighted by atomic mass is 9.86. The van der Waals surface area contributed by atoms with Crippen LogP contribution in [0.2, 0.25) is 0 Å². The maximum Gasteiger partial charge on any atom is 0.235 e. The van der Waals surface area contributed by atoms with E-state index in [-0.39, 0.29) is 5.82 Å². The average Bonchev–Trinajstić information content (AvgIpc) is 2.74. The minimum Gasteiger partial charge on any atom is -0.211 e. The molecule has 1 saturated carbocycles. The van der Waals surface area contributed by atoms with Crippen LogP contribution in [-0.2, 0) is 10.3 Å². The molecule has 0 radical (unpaired) electrons. The number of nitrogens with zero attached hydrogens (tertiary/aromatic N) is 1. The van der Waals surface area contributed by atoms with Crippen LogP contribution in [-0.4, -0.2) is 6.08 Å². The fraction of sp³-hybridized carbons (Fsp3) is 0.462. The first-order valence-electron chi connectivity index (χ1n) is 5.65. The van der Waals surface area contributed by atoms with Gasteiger partial charge in [0, 0.05) is 5.56 Å². The van der Waals surface area contributed by atoms with Crippen molar-refractivity contribution in [2.75, 3.05) is 0 Å². The molecule has 0 aromatic heterocycles. The molecular formula is C13H13BrFNO. The predicted octanol–water partition coefficient (Wildman–Crippen LogP) is 4.00. The number of hydrogen-bond acceptors (Lipinski definition) is 2. The normalized spacial score (nSPS) is 17.8. The molecule has 2 rings (SSSR count). The highest BCUT2D eigenvalue weighted by molar-refractivity contribution is 9.10. The lowest BCUT2D eigenvalue weighted by molar-refractivity contribution is 0.447. The summed E-state index contributed by atoms with van der Waals surface area (Å²) in [5, 5.41) is 0. The molecule has 1 aromatic carbocycles. The van der Waals surface area contributed by atoms with E-state index >= 15 is 0 Å². The molecule has 1 aromatic rings. The molecule has 1 fully saturated rings. The lowest BCUT2D eigenvalue weighted by Crippen LogP contribution is -2.21. The number of halogens is 2. The van der Waals surface area contributed by atoms with Gasteiger partial charge in [-0.3, -0.25) is 0 Å². The van der Waals surface area contributed by atoms with E-state index in [0.717, 1.165) is 36.8 Å². The van der Waals surface area contributed by atoms with Crippen molar-refractivity contribution in [3.05, 3.63) is 33.5 Å². The first-order chi connectivity index (χ1) is 8.10. The van der Waals surface area contributed by atoms with Crippen LogP contribution in [0.1, 0.15) is 36.8 Å². The molecule has 0 spiro atoms. The topological polar surface area (TPSA) is 29.4 Å². The first kappa shape index (κ1) is 12.5. The van der Waals surface area contributed by atoms with Crippen LogP contribution in [0.15, 0.2) is 21.6 Å². The Hall–Kier alpha value is -0.990. The molecule has 2 nitrogen and oxygen atoms in total. The number of aryl methyl sites for hydroxylation is 1. The van der Waals surface area contributed by atoms with Crippen molar-refractivity contribution < 1.29 is 9.18 Å². The zero-order chi connectivity index (χ0) is 12.5. The molecule has 0 heterocycles. The summed E-state index contributed by atoms with van der Waals surface area (Å²) in [6, 6.07) is 3.16. The summed E-state index contributed by atoms with van der Waals surface area (Å²) in [6.07, 6.45) is 5.24. The minimum absolute atomic E-state index is 0.307. The molecule has 0 aliphatic heterocycles. The van der Waals surface area contributed by atoms with Gasteiger partial charge in [0.1, 0.15) is 5.82 Å². The van der Waals surface area contributed by atoms with Crippen molar-refractivity contribution in [3.63, 3.8) is 0 Å². The Morgan fingerprint density at radius 3 is 2.65 bits per heavy atom. The molecular weight excluding hydrogens is 285 g/mol. The number of rotatable bonds is 2. The van der Waals surface area contributed by atoms with Crippen LogP contribution < -0.4 is 0 Å². The summed E-state index contributed by atoms with van der Waals surface area (Å²) < 4.78 is 14.1. The van der Waals surface area contributed by atoms with Crippen molar-refractivity contribution in [3.8, 4) is 0 Å². The molecule has 4 heteroatoms. The van der Waals surface area contributed by atoms with Crippen LogP contribution in [0.5, 0.6) is 0 Å². The summed E-state index contributed by atoms with van der Waals surface area (Å²) in [7, 11) is 0. The molecule has 0 unspecified atom stereocenters. The third kappa shape index (κ3) is 2.07. The standard InChI is InChI=1S/C13H13BrFNO/c1-9-4-5-10(15)12(14)11(9)13(16-8-17)6-2-3-7-13/h4-5H,2-3,6-7H2,1H3. The van der Waals surface area contributed by atoms with Gasteiger partial charge in [-0.1, -0.05) is 18.9 Å². The highest BCUT2D eigenvalue weighted by Crippen LogP contribution is 2.46. The second-order valence-electron chi connectivity index (χ2n) is 4.50. The molecule has 0 atom stereocenters. The fourth-order valence-electron chi connectivity index (χ4n) is 2.68. The number of carbonyl (C=O) groups excluding carboxylic acids is 1. The van der Waals surface area contributed by atoms with E-state index in [1.54, 1.807) is 12.1 Å². The lowest BCUT2D eigenvalue weighted by Gasteiger charge is -2.26. The Labute approximate surface area is 108 Å². The van der Waals surface area contributed by atoms with Gasteiger partial charge in [-0.15, -0.1) is 0 Å². The van der Waals surface area contributed by atoms with Crippen molar-refractivity contribution >= 4 is 22.0 Å². The molecule has 0 bridgehead atoms. The van der Waals surface area contributed by atoms with Crippen molar-refractivity contribution in [1.82, 2.24) is 0 Å². The minimum atomic E-state index is -0.577. The van der Waals surface area contributed by atoms with E-state index in [4.69, 9.17) is 0 Å². The molecule has 17 heavy (non-hydrogen) atoms. The number of benzene rings is 1. The maximum absolute atomic E-state index is 13.6. The van der Waals surface area contributed by atoms with E-state index < -0.39 is 5.54 Å². The average molecular weight is 298 g/mol. The van der Waals surface area contributed by atoms with E-state index in [1.807, 2.05) is 6.92 Å². The number of isocyanates is 1. The van der Waals surface area contributed by atoms with Gasteiger partial charge in [0.25, 0.3) is 0 Å². The van der Waals surface area contributed by atoms with Crippen molar-refractivity contribution in [2.24, 2.45) is 4.99 Å². The zero-order valence-corrected chi connectivity index (χ0v) is 11.2. The van der Waals surface area contributed by atoms with Crippen LogP contribution in [0, 0.1) is 12.7 Å². The second-order valence-corrected chi connectivity index (χ2v) is 5.29. The van der Waals surface area contributed by atoms with Gasteiger partial charge >= 0.3 is 0 Å². The number of aliphatic imine (C=N–C) groups is 1. The quantitative estimate of drug-likeness (QED) is 0.599. The smallest absolute Gasteiger partial charge is 0.211 e. The predicted molar refractivity (Wildman–Crippen MR) is 67.1 cm³/mol. The van der Waals surface area contributed by atoms with Crippen LogP contribution in [0.3, 0.4) is 0 Å². The van der Waals surface area contributed by atoms with Gasteiger partial charge in [-0.2, -0.15) is 4.99 Å².